The lowest BCUT2D eigenvalue weighted by atomic mass is 10.0. The van der Waals surface area contributed by atoms with Crippen LogP contribution in [0.1, 0.15) is 40.8 Å². The van der Waals surface area contributed by atoms with Gasteiger partial charge in [0.05, 0.1) is 31.0 Å². The van der Waals surface area contributed by atoms with Gasteiger partial charge in [0.25, 0.3) is 0 Å². The first kappa shape index (κ1) is 23.6. The van der Waals surface area contributed by atoms with Crippen LogP contribution in [0.25, 0.3) is 11.3 Å². The number of hydrogen-bond acceptors (Lipinski definition) is 6. The lowest BCUT2D eigenvalue weighted by Gasteiger charge is -2.26. The quantitative estimate of drug-likeness (QED) is 0.256. The maximum absolute atomic E-state index is 11.8. The van der Waals surface area contributed by atoms with Gasteiger partial charge in [-0.2, -0.15) is 0 Å². The first-order valence-electron chi connectivity index (χ1n) is 11.6. The molecule has 0 bridgehead atoms. The Balaban J connectivity index is 1.52. The summed E-state index contributed by atoms with van der Waals surface area (Å²) in [5.74, 6) is 1.84. The van der Waals surface area contributed by atoms with Crippen molar-refractivity contribution in [2.75, 3.05) is 18.6 Å². The minimum atomic E-state index is -0.378. The maximum Gasteiger partial charge on any atom is 0.337 e. The number of methoxy groups -OCH3 is 1. The van der Waals surface area contributed by atoms with Crippen LogP contribution >= 0.6 is 12.2 Å². The molecule has 5 rings (SSSR count). The Morgan fingerprint density at radius 3 is 2.50 bits per heavy atom. The van der Waals surface area contributed by atoms with Gasteiger partial charge in [-0.3, -0.25) is 4.98 Å². The number of nitrogens with zero attached hydrogens (tertiary/aromatic N) is 2. The van der Waals surface area contributed by atoms with Gasteiger partial charge in [-0.05, 0) is 79.8 Å². The second kappa shape index (κ2) is 10.2. The van der Waals surface area contributed by atoms with Crippen molar-refractivity contribution in [2.24, 2.45) is 0 Å². The van der Waals surface area contributed by atoms with Crippen LogP contribution in [0.15, 0.2) is 89.5 Å². The van der Waals surface area contributed by atoms with E-state index >= 15 is 0 Å². The molecule has 1 saturated heterocycles. The third-order valence-corrected chi connectivity index (χ3v) is 6.35. The van der Waals surface area contributed by atoms with Crippen molar-refractivity contribution in [1.29, 1.82) is 0 Å². The zero-order valence-corrected chi connectivity index (χ0v) is 20.7. The Kier molecular flexibility index (Phi) is 6.69. The Hall–Kier alpha value is -4.17. The molecule has 1 aliphatic heterocycles. The summed E-state index contributed by atoms with van der Waals surface area (Å²) in [5.41, 5.74) is 3.11. The molecule has 0 unspecified atom stereocenters. The number of pyridine rings is 1. The average Bonchev–Trinajstić information content (AvgIpc) is 3.54. The van der Waals surface area contributed by atoms with Crippen LogP contribution in [-0.4, -0.2) is 29.8 Å². The van der Waals surface area contributed by atoms with Crippen LogP contribution in [0.2, 0.25) is 0 Å². The molecule has 8 heteroatoms. The zero-order valence-electron chi connectivity index (χ0n) is 19.9. The number of aromatic nitrogens is 1. The fourth-order valence-corrected chi connectivity index (χ4v) is 4.69. The molecule has 3 heterocycles. The summed E-state index contributed by atoms with van der Waals surface area (Å²) in [6.07, 6.45) is 1.77. The third-order valence-electron chi connectivity index (χ3n) is 6.03. The van der Waals surface area contributed by atoms with Crippen LogP contribution in [0.5, 0.6) is 5.75 Å². The average molecular weight is 500 g/mol. The molecular formula is C28H25N3O4S. The molecule has 2 atom stereocenters. The smallest absolute Gasteiger partial charge is 0.337 e. The molecule has 1 fully saturated rings. The van der Waals surface area contributed by atoms with Gasteiger partial charge in [0.1, 0.15) is 23.3 Å². The van der Waals surface area contributed by atoms with Gasteiger partial charge >= 0.3 is 5.97 Å². The van der Waals surface area contributed by atoms with Gasteiger partial charge in [0.15, 0.2) is 5.11 Å². The van der Waals surface area contributed by atoms with Crippen molar-refractivity contribution >= 4 is 29.0 Å². The van der Waals surface area contributed by atoms with Crippen LogP contribution in [0, 0.1) is 0 Å². The number of ether oxygens (including phenoxy) is 2. The van der Waals surface area contributed by atoms with Crippen molar-refractivity contribution in [3.63, 3.8) is 0 Å². The Bertz CT molecular complexity index is 1350. The van der Waals surface area contributed by atoms with E-state index in [1.807, 2.05) is 78.6 Å². The molecule has 1 N–H and O–H groups in total. The van der Waals surface area contributed by atoms with Gasteiger partial charge in [-0.15, -0.1) is 0 Å². The van der Waals surface area contributed by atoms with Gasteiger partial charge in [0, 0.05) is 17.4 Å². The van der Waals surface area contributed by atoms with Gasteiger partial charge in [-0.1, -0.05) is 18.2 Å². The van der Waals surface area contributed by atoms with E-state index < -0.39 is 0 Å². The number of hydrogen-bond donors (Lipinski definition) is 1. The number of nitrogens with one attached hydrogen (secondary N) is 1. The standard InChI is InChI=1S/C28H25N3O4S/c1-3-34-21-13-11-20(12-14-21)31-26(25(30-28(31)36)22-6-4-5-17-29-22)24-16-15-23(35-24)18-7-9-19(10-8-18)27(32)33-2/h4-17,25-26H,3H2,1-2H3,(H,30,36)/t25-,26-/m0/s1. The summed E-state index contributed by atoms with van der Waals surface area (Å²) in [4.78, 5) is 18.4. The number of anilines is 1. The molecule has 0 amide bonds. The van der Waals surface area contributed by atoms with Crippen LogP contribution in [0.3, 0.4) is 0 Å². The highest BCUT2D eigenvalue weighted by molar-refractivity contribution is 7.80. The summed E-state index contributed by atoms with van der Waals surface area (Å²) in [7, 11) is 1.36. The summed E-state index contributed by atoms with van der Waals surface area (Å²) in [5, 5.41) is 4.02. The molecule has 0 saturated carbocycles. The second-order valence-corrected chi connectivity index (χ2v) is 8.58. The van der Waals surface area contributed by atoms with Crippen molar-refractivity contribution in [3.8, 4) is 17.1 Å². The molecule has 2 aromatic heterocycles. The summed E-state index contributed by atoms with van der Waals surface area (Å²) in [6.45, 7) is 2.56. The Morgan fingerprint density at radius 1 is 1.06 bits per heavy atom. The fraction of sp³-hybridized carbons (Fsp3) is 0.179. The second-order valence-electron chi connectivity index (χ2n) is 8.19. The first-order valence-corrected chi connectivity index (χ1v) is 12.0. The minimum Gasteiger partial charge on any atom is -0.494 e. The van der Waals surface area contributed by atoms with Gasteiger partial charge in [-0.25, -0.2) is 4.79 Å². The van der Waals surface area contributed by atoms with Crippen LogP contribution in [-0.2, 0) is 4.74 Å². The monoisotopic (exact) mass is 499 g/mol. The van der Waals surface area contributed by atoms with Gasteiger partial charge < -0.3 is 24.1 Å². The molecule has 0 aliphatic carbocycles. The summed E-state index contributed by atoms with van der Waals surface area (Å²) < 4.78 is 16.8. The summed E-state index contributed by atoms with van der Waals surface area (Å²) in [6, 6.07) is 24.2. The van der Waals surface area contributed by atoms with Gasteiger partial charge in [0.2, 0.25) is 0 Å². The van der Waals surface area contributed by atoms with Crippen molar-refractivity contribution in [2.45, 2.75) is 19.0 Å². The Morgan fingerprint density at radius 2 is 1.83 bits per heavy atom. The van der Waals surface area contributed by atoms with Crippen LogP contribution < -0.4 is 15.0 Å². The number of furan rings is 1. The highest BCUT2D eigenvalue weighted by Gasteiger charge is 2.42. The topological polar surface area (TPSA) is 76.8 Å². The number of esters is 1. The number of thiocarbonyl (C=S) groups is 1. The van der Waals surface area contributed by atoms with Crippen LogP contribution in [0.4, 0.5) is 5.69 Å². The molecule has 1 aliphatic rings. The van der Waals surface area contributed by atoms with Crippen molar-refractivity contribution in [3.05, 3.63) is 102 Å². The van der Waals surface area contributed by atoms with Crippen molar-refractivity contribution < 1.29 is 18.7 Å². The predicted molar refractivity (Wildman–Crippen MR) is 141 cm³/mol. The largest absolute Gasteiger partial charge is 0.494 e. The fourth-order valence-electron chi connectivity index (χ4n) is 4.35. The minimum absolute atomic E-state index is 0.217. The molecule has 36 heavy (non-hydrogen) atoms. The molecule has 4 aromatic rings. The molecule has 0 spiro atoms. The van der Waals surface area contributed by atoms with E-state index in [4.69, 9.17) is 26.1 Å². The number of rotatable bonds is 7. The molecule has 2 aromatic carbocycles. The molecule has 7 nitrogen and oxygen atoms in total. The predicted octanol–water partition coefficient (Wildman–Crippen LogP) is 5.70. The van der Waals surface area contributed by atoms with E-state index in [2.05, 4.69) is 10.3 Å². The SMILES string of the molecule is CCOc1ccc(N2C(=S)N[C@@H](c3ccccn3)[C@@H]2c2ccc(-c3ccc(C(=O)OC)cc3)o2)cc1. The normalized spacial score (nSPS) is 17.1. The zero-order chi connectivity index (χ0) is 25.1. The summed E-state index contributed by atoms with van der Waals surface area (Å²) >= 11 is 5.78. The lowest BCUT2D eigenvalue weighted by Crippen LogP contribution is -2.29. The molecule has 0 radical (unpaired) electrons. The highest BCUT2D eigenvalue weighted by Crippen LogP contribution is 2.43. The van der Waals surface area contributed by atoms with E-state index in [1.54, 1.807) is 18.3 Å². The van der Waals surface area contributed by atoms with E-state index in [0.717, 1.165) is 28.5 Å². The van der Waals surface area contributed by atoms with E-state index in [0.29, 0.717) is 23.0 Å². The molecule has 182 valence electrons. The van der Waals surface area contributed by atoms with E-state index in [1.165, 1.54) is 7.11 Å². The van der Waals surface area contributed by atoms with Crippen molar-refractivity contribution in [1.82, 2.24) is 10.3 Å². The van der Waals surface area contributed by atoms with E-state index in [9.17, 15) is 4.79 Å². The lowest BCUT2D eigenvalue weighted by molar-refractivity contribution is 0.0600. The number of carbonyl (C=O) groups is 1. The Labute approximate surface area is 214 Å². The highest BCUT2D eigenvalue weighted by atomic mass is 32.1. The third kappa shape index (κ3) is 4.55. The first-order chi connectivity index (χ1) is 17.6. The molecular weight excluding hydrogens is 474 g/mol. The maximum atomic E-state index is 11.8. The number of carbonyl (C=O) groups excluding carboxylic acids is 1. The van der Waals surface area contributed by atoms with E-state index in [-0.39, 0.29) is 18.1 Å². The number of benzene rings is 2.